The monoisotopic (exact) mass is 253 g/mol. The molecule has 1 atom stereocenters. The molecule has 0 saturated carbocycles. The Labute approximate surface area is 105 Å². The van der Waals surface area contributed by atoms with Crippen molar-refractivity contribution in [3.63, 3.8) is 0 Å². The molecule has 18 heavy (non-hydrogen) atoms. The fourth-order valence-electron chi connectivity index (χ4n) is 2.14. The van der Waals surface area contributed by atoms with Gasteiger partial charge in [0.05, 0.1) is 11.0 Å². The van der Waals surface area contributed by atoms with E-state index in [1.807, 2.05) is 0 Å². The second kappa shape index (κ2) is 5.77. The van der Waals surface area contributed by atoms with E-state index in [-0.39, 0.29) is 11.7 Å². The average Bonchev–Trinajstić information content (AvgIpc) is 2.60. The first-order chi connectivity index (χ1) is 8.66. The minimum absolute atomic E-state index is 0.150. The molecule has 2 N–H and O–H groups in total. The fourth-order valence-corrected chi connectivity index (χ4v) is 2.14. The van der Waals surface area contributed by atoms with Crippen molar-refractivity contribution in [1.29, 1.82) is 0 Å². The van der Waals surface area contributed by atoms with Crippen molar-refractivity contribution in [1.82, 2.24) is 5.32 Å². The first-order valence-electron chi connectivity index (χ1n) is 6.08. The van der Waals surface area contributed by atoms with Gasteiger partial charge in [-0.1, -0.05) is 6.42 Å². The van der Waals surface area contributed by atoms with E-state index in [4.69, 9.17) is 0 Å². The maximum Gasteiger partial charge on any atom is 0.295 e. The molecule has 0 bridgehead atoms. The number of nitro groups is 1. The van der Waals surface area contributed by atoms with Crippen LogP contribution < -0.4 is 10.6 Å². The van der Waals surface area contributed by atoms with Gasteiger partial charge in [-0.2, -0.15) is 0 Å². The van der Waals surface area contributed by atoms with Crippen LogP contribution in [0.5, 0.6) is 0 Å². The predicted molar refractivity (Wildman–Crippen MR) is 67.2 cm³/mol. The van der Waals surface area contributed by atoms with Gasteiger partial charge in [0, 0.05) is 12.6 Å². The topological polar surface area (TPSA) is 67.2 Å². The first-order valence-corrected chi connectivity index (χ1v) is 6.08. The van der Waals surface area contributed by atoms with Crippen LogP contribution in [0.2, 0.25) is 0 Å². The molecule has 0 aliphatic carbocycles. The van der Waals surface area contributed by atoms with Crippen LogP contribution in [0.3, 0.4) is 0 Å². The second-order valence-electron chi connectivity index (χ2n) is 4.46. The van der Waals surface area contributed by atoms with Crippen LogP contribution in [0.4, 0.5) is 15.8 Å². The lowest BCUT2D eigenvalue weighted by Gasteiger charge is -2.17. The molecular formula is C12H16FN3O2. The van der Waals surface area contributed by atoms with Gasteiger partial charge < -0.3 is 10.6 Å². The minimum Gasteiger partial charge on any atom is -0.375 e. The van der Waals surface area contributed by atoms with Crippen molar-refractivity contribution < 1.29 is 9.31 Å². The fraction of sp³-hybridized carbons (Fsp3) is 0.500. The van der Waals surface area contributed by atoms with Gasteiger partial charge in [0.15, 0.2) is 0 Å². The average molecular weight is 253 g/mol. The maximum absolute atomic E-state index is 13.0. The van der Waals surface area contributed by atoms with E-state index >= 15 is 0 Å². The van der Waals surface area contributed by atoms with E-state index in [1.54, 1.807) is 0 Å². The van der Waals surface area contributed by atoms with Crippen LogP contribution in [0.1, 0.15) is 19.3 Å². The Morgan fingerprint density at radius 2 is 2.28 bits per heavy atom. The number of nitrogens with zero attached hydrogens (tertiary/aromatic N) is 1. The van der Waals surface area contributed by atoms with E-state index in [1.165, 1.54) is 12.1 Å². The zero-order chi connectivity index (χ0) is 13.0. The SMILES string of the molecule is O=[N+]([O-])c1cc(F)ccc1NC1CCCCNC1. The number of anilines is 1. The molecule has 6 heteroatoms. The quantitative estimate of drug-likeness (QED) is 0.640. The zero-order valence-corrected chi connectivity index (χ0v) is 9.99. The highest BCUT2D eigenvalue weighted by Crippen LogP contribution is 2.26. The molecule has 98 valence electrons. The Bertz CT molecular complexity index is 431. The highest BCUT2D eigenvalue weighted by molar-refractivity contribution is 5.61. The number of hydrogen-bond acceptors (Lipinski definition) is 4. The third kappa shape index (κ3) is 3.16. The van der Waals surface area contributed by atoms with E-state index in [2.05, 4.69) is 10.6 Å². The number of benzene rings is 1. The molecule has 1 aliphatic rings. The van der Waals surface area contributed by atoms with Crippen molar-refractivity contribution in [3.8, 4) is 0 Å². The van der Waals surface area contributed by atoms with Crippen molar-refractivity contribution >= 4 is 11.4 Å². The standard InChI is InChI=1S/C12H16FN3O2/c13-9-4-5-11(12(7-9)16(17)18)15-10-3-1-2-6-14-8-10/h4-5,7,10,14-15H,1-3,6,8H2. The van der Waals surface area contributed by atoms with Gasteiger partial charge in [-0.05, 0) is 31.5 Å². The first kappa shape index (κ1) is 12.8. The molecule has 1 heterocycles. The summed E-state index contributed by atoms with van der Waals surface area (Å²) >= 11 is 0. The molecule has 5 nitrogen and oxygen atoms in total. The molecule has 1 unspecified atom stereocenters. The molecule has 1 saturated heterocycles. The van der Waals surface area contributed by atoms with Crippen molar-refractivity contribution in [2.75, 3.05) is 18.4 Å². The zero-order valence-electron chi connectivity index (χ0n) is 9.99. The highest BCUT2D eigenvalue weighted by atomic mass is 19.1. The molecule has 1 aromatic rings. The van der Waals surface area contributed by atoms with Crippen LogP contribution >= 0.6 is 0 Å². The van der Waals surface area contributed by atoms with Crippen LogP contribution in [-0.2, 0) is 0 Å². The van der Waals surface area contributed by atoms with Crippen LogP contribution in [0.15, 0.2) is 18.2 Å². The van der Waals surface area contributed by atoms with Gasteiger partial charge in [-0.15, -0.1) is 0 Å². The van der Waals surface area contributed by atoms with Gasteiger partial charge in [-0.3, -0.25) is 10.1 Å². The Hall–Kier alpha value is -1.69. The minimum atomic E-state index is -0.591. The van der Waals surface area contributed by atoms with Crippen LogP contribution in [0, 0.1) is 15.9 Å². The smallest absolute Gasteiger partial charge is 0.295 e. The summed E-state index contributed by atoms with van der Waals surface area (Å²) < 4.78 is 13.0. The second-order valence-corrected chi connectivity index (χ2v) is 4.46. The Morgan fingerprint density at radius 1 is 1.44 bits per heavy atom. The number of nitro benzene ring substituents is 1. The lowest BCUT2D eigenvalue weighted by atomic mass is 10.1. The molecule has 2 rings (SSSR count). The number of hydrogen-bond donors (Lipinski definition) is 2. The van der Waals surface area contributed by atoms with Gasteiger partial charge in [-0.25, -0.2) is 4.39 Å². The summed E-state index contributed by atoms with van der Waals surface area (Å²) in [7, 11) is 0. The third-order valence-corrected chi connectivity index (χ3v) is 3.06. The highest BCUT2D eigenvalue weighted by Gasteiger charge is 2.18. The summed E-state index contributed by atoms with van der Waals surface area (Å²) in [5.74, 6) is -0.591. The molecule has 1 aliphatic heterocycles. The van der Waals surface area contributed by atoms with Crippen molar-refractivity contribution in [3.05, 3.63) is 34.1 Å². The van der Waals surface area contributed by atoms with Gasteiger partial charge >= 0.3 is 0 Å². The third-order valence-electron chi connectivity index (χ3n) is 3.06. The summed E-state index contributed by atoms with van der Waals surface area (Å²) in [6.07, 6.45) is 3.16. The summed E-state index contributed by atoms with van der Waals surface area (Å²) in [6.45, 7) is 1.75. The molecule has 0 amide bonds. The molecule has 1 fully saturated rings. The Morgan fingerprint density at radius 3 is 3.06 bits per heavy atom. The molecule has 0 radical (unpaired) electrons. The summed E-state index contributed by atoms with van der Waals surface area (Å²) in [5, 5.41) is 17.3. The summed E-state index contributed by atoms with van der Waals surface area (Å²) in [4.78, 5) is 10.3. The predicted octanol–water partition coefficient (Wildman–Crippen LogP) is 2.29. The molecule has 0 spiro atoms. The van der Waals surface area contributed by atoms with E-state index in [0.29, 0.717) is 5.69 Å². The number of nitrogens with one attached hydrogen (secondary N) is 2. The van der Waals surface area contributed by atoms with Gasteiger partial charge in [0.1, 0.15) is 11.5 Å². The van der Waals surface area contributed by atoms with E-state index in [9.17, 15) is 14.5 Å². The molecule has 1 aromatic carbocycles. The van der Waals surface area contributed by atoms with Gasteiger partial charge in [0.2, 0.25) is 0 Å². The van der Waals surface area contributed by atoms with Crippen LogP contribution in [-0.4, -0.2) is 24.1 Å². The molecule has 0 aromatic heterocycles. The Balaban J connectivity index is 2.14. The lowest BCUT2D eigenvalue weighted by Crippen LogP contribution is -2.31. The van der Waals surface area contributed by atoms with E-state index < -0.39 is 10.7 Å². The Kier molecular flexibility index (Phi) is 4.09. The maximum atomic E-state index is 13.0. The lowest BCUT2D eigenvalue weighted by molar-refractivity contribution is -0.384. The normalized spacial score (nSPS) is 20.2. The van der Waals surface area contributed by atoms with Gasteiger partial charge in [0.25, 0.3) is 5.69 Å². The van der Waals surface area contributed by atoms with Crippen molar-refractivity contribution in [2.24, 2.45) is 0 Å². The number of rotatable bonds is 3. The number of halogens is 1. The molecular weight excluding hydrogens is 237 g/mol. The summed E-state index contributed by atoms with van der Waals surface area (Å²) in [5.41, 5.74) is 0.175. The largest absolute Gasteiger partial charge is 0.375 e. The van der Waals surface area contributed by atoms with E-state index in [0.717, 1.165) is 38.4 Å². The van der Waals surface area contributed by atoms with Crippen LogP contribution in [0.25, 0.3) is 0 Å². The van der Waals surface area contributed by atoms with Crippen molar-refractivity contribution in [2.45, 2.75) is 25.3 Å². The summed E-state index contributed by atoms with van der Waals surface area (Å²) in [6, 6.07) is 3.77.